The van der Waals surface area contributed by atoms with Crippen molar-refractivity contribution in [3.63, 3.8) is 0 Å². The minimum atomic E-state index is -1.99. The summed E-state index contributed by atoms with van der Waals surface area (Å²) in [7, 11) is -11.4. The van der Waals surface area contributed by atoms with Gasteiger partial charge in [0.05, 0.1) is 37.6 Å². The van der Waals surface area contributed by atoms with Crippen LogP contribution in [0.5, 0.6) is 0 Å². The zero-order valence-corrected chi connectivity index (χ0v) is 33.2. The molecule has 0 saturated heterocycles. The molecule has 0 amide bonds. The fourth-order valence-corrected chi connectivity index (χ4v) is 9.24. The molecule has 12 heteroatoms. The molecule has 0 heterocycles. The van der Waals surface area contributed by atoms with Gasteiger partial charge in [-0.05, 0) is 118 Å². The van der Waals surface area contributed by atoms with Crippen molar-refractivity contribution in [1.29, 1.82) is 0 Å². The van der Waals surface area contributed by atoms with E-state index in [2.05, 4.69) is 118 Å². The van der Waals surface area contributed by atoms with Crippen molar-refractivity contribution in [3.8, 4) is 0 Å². The Hall–Kier alpha value is 1.06. The molecule has 218 valence electrons. The Kier molecular flexibility index (Phi) is 14.0. The Morgan fingerprint density at radius 1 is 0.333 bits per heavy atom. The van der Waals surface area contributed by atoms with Crippen LogP contribution in [0.3, 0.4) is 0 Å². The van der Waals surface area contributed by atoms with Gasteiger partial charge < -0.3 is 26.6 Å². The molecular formula is C24H62O6Si6. The summed E-state index contributed by atoms with van der Waals surface area (Å²) in [5.74, 6) is 0. The van der Waals surface area contributed by atoms with Gasteiger partial charge in [0, 0.05) is 0 Å². The second kappa shape index (κ2) is 13.6. The topological polar surface area (TPSA) is 55.4 Å². The second-order valence-electron chi connectivity index (χ2n) is 15.8. The molecule has 0 aromatic heterocycles. The molecule has 6 nitrogen and oxygen atoms in total. The van der Waals surface area contributed by atoms with Crippen LogP contribution in [-0.2, 0) is 26.6 Å². The minimum Gasteiger partial charge on any atom is -0.415 e. The van der Waals surface area contributed by atoms with E-state index in [-0.39, 0.29) is 24.4 Å². The molecule has 0 N–H and O–H groups in total. The van der Waals surface area contributed by atoms with Gasteiger partial charge in [0.1, 0.15) is 0 Å². The van der Waals surface area contributed by atoms with Gasteiger partial charge >= 0.3 is 0 Å². The molecule has 0 aliphatic carbocycles. The molecule has 0 rings (SSSR count). The molecule has 4 atom stereocenters. The van der Waals surface area contributed by atoms with Crippen LogP contribution in [0, 0.1) is 0 Å². The average molecular weight is 615 g/mol. The maximum atomic E-state index is 7.01. The largest absolute Gasteiger partial charge is 0.415 e. The van der Waals surface area contributed by atoms with Crippen molar-refractivity contribution in [2.45, 2.75) is 142 Å². The van der Waals surface area contributed by atoms with Crippen LogP contribution >= 0.6 is 0 Å². The lowest BCUT2D eigenvalue weighted by Crippen LogP contribution is -2.60. The number of rotatable bonds is 17. The van der Waals surface area contributed by atoms with Gasteiger partial charge in [-0.2, -0.15) is 0 Å². The van der Waals surface area contributed by atoms with Crippen LogP contribution in [-0.4, -0.2) is 87.5 Å². The summed E-state index contributed by atoms with van der Waals surface area (Å²) < 4.78 is 40.7. The number of hydrogen-bond acceptors (Lipinski definition) is 6. The van der Waals surface area contributed by atoms with E-state index in [0.717, 1.165) is 0 Å². The minimum absolute atomic E-state index is 0.226. The second-order valence-corrected chi connectivity index (χ2v) is 42.6. The smallest absolute Gasteiger partial charge is 0.184 e. The van der Waals surface area contributed by atoms with E-state index in [0.29, 0.717) is 13.2 Å². The quantitative estimate of drug-likeness (QED) is 0.158. The van der Waals surface area contributed by atoms with Crippen LogP contribution in [0.4, 0.5) is 0 Å². The summed E-state index contributed by atoms with van der Waals surface area (Å²) in [6.45, 7) is 41.2. The highest BCUT2D eigenvalue weighted by Crippen LogP contribution is 2.29. The monoisotopic (exact) mass is 614 g/mol. The summed E-state index contributed by atoms with van der Waals surface area (Å²) >= 11 is 0. The standard InChI is InChI=1S/C24H62O6Si6/c1-31(2,3)25-19-21(27-33(7,8)9)23(29-35(13,14)15)24(30-36(16,17)18)22(28-34(10,11)12)20-26-32(4,5)6/h21-24H,19-20H2,1-18H3/t21-,22+,23-,24+. The van der Waals surface area contributed by atoms with Crippen LogP contribution < -0.4 is 0 Å². The first-order chi connectivity index (χ1) is 15.6. The van der Waals surface area contributed by atoms with E-state index in [4.69, 9.17) is 26.6 Å². The van der Waals surface area contributed by atoms with Crippen molar-refractivity contribution in [1.82, 2.24) is 0 Å². The molecule has 36 heavy (non-hydrogen) atoms. The lowest BCUT2D eigenvalue weighted by molar-refractivity contribution is -0.0958. The molecule has 0 unspecified atom stereocenters. The maximum absolute atomic E-state index is 7.01. The van der Waals surface area contributed by atoms with Gasteiger partial charge in [-0.15, -0.1) is 0 Å². The summed E-state index contributed by atoms with van der Waals surface area (Å²) in [5.41, 5.74) is 0. The lowest BCUT2D eigenvalue weighted by Gasteiger charge is -2.46. The van der Waals surface area contributed by atoms with Crippen LogP contribution in [0.1, 0.15) is 0 Å². The van der Waals surface area contributed by atoms with Crippen LogP contribution in [0.25, 0.3) is 0 Å². The molecule has 0 aromatic rings. The van der Waals surface area contributed by atoms with E-state index in [9.17, 15) is 0 Å². The number of hydrogen-bond donors (Lipinski definition) is 0. The van der Waals surface area contributed by atoms with E-state index in [1.165, 1.54) is 0 Å². The Bertz CT molecular complexity index is 582. The molecule has 0 fully saturated rings. The van der Waals surface area contributed by atoms with Gasteiger partial charge in [-0.1, -0.05) is 0 Å². The zero-order chi connectivity index (χ0) is 29.0. The summed E-state index contributed by atoms with van der Waals surface area (Å²) in [5, 5.41) is 0. The third-order valence-electron chi connectivity index (χ3n) is 4.41. The van der Waals surface area contributed by atoms with E-state index < -0.39 is 49.9 Å². The third-order valence-corrected chi connectivity index (χ3v) is 10.5. The van der Waals surface area contributed by atoms with E-state index in [1.807, 2.05) is 0 Å². The van der Waals surface area contributed by atoms with Crippen LogP contribution in [0.2, 0.25) is 118 Å². The van der Waals surface area contributed by atoms with Crippen LogP contribution in [0.15, 0.2) is 0 Å². The van der Waals surface area contributed by atoms with Gasteiger partial charge in [-0.25, -0.2) is 0 Å². The summed E-state index contributed by atoms with van der Waals surface area (Å²) in [6.07, 6.45) is -1.04. The predicted molar refractivity (Wildman–Crippen MR) is 171 cm³/mol. The van der Waals surface area contributed by atoms with Gasteiger partial charge in [0.15, 0.2) is 49.9 Å². The molecular weight excluding hydrogens is 553 g/mol. The highest BCUT2D eigenvalue weighted by Gasteiger charge is 2.45. The average Bonchev–Trinajstić information content (AvgIpc) is 2.53. The highest BCUT2D eigenvalue weighted by atomic mass is 28.4. The fourth-order valence-electron chi connectivity index (χ4n) is 3.49. The Labute approximate surface area is 231 Å². The highest BCUT2D eigenvalue weighted by molar-refractivity contribution is 6.71. The van der Waals surface area contributed by atoms with Gasteiger partial charge in [-0.3, -0.25) is 0 Å². The first kappa shape index (κ1) is 37.1. The Morgan fingerprint density at radius 2 is 0.556 bits per heavy atom. The Morgan fingerprint density at radius 3 is 0.722 bits per heavy atom. The van der Waals surface area contributed by atoms with Crippen molar-refractivity contribution < 1.29 is 26.6 Å². The molecule has 0 aromatic carbocycles. The van der Waals surface area contributed by atoms with E-state index in [1.54, 1.807) is 0 Å². The van der Waals surface area contributed by atoms with E-state index >= 15 is 0 Å². The molecule has 0 saturated carbocycles. The maximum Gasteiger partial charge on any atom is 0.184 e. The molecule has 0 aliphatic heterocycles. The summed E-state index contributed by atoms with van der Waals surface area (Å²) in [4.78, 5) is 0. The van der Waals surface area contributed by atoms with Crippen molar-refractivity contribution in [2.24, 2.45) is 0 Å². The van der Waals surface area contributed by atoms with Crippen molar-refractivity contribution in [3.05, 3.63) is 0 Å². The SMILES string of the molecule is C[Si](C)(C)OC[C@H](O[Si](C)(C)C)[C@H](O[Si](C)(C)C)[C@H](O[Si](C)(C)C)[C@@H](CO[Si](C)(C)C)O[Si](C)(C)C. The molecule has 0 radical (unpaired) electrons. The zero-order valence-electron chi connectivity index (χ0n) is 27.2. The first-order valence-electron chi connectivity index (χ1n) is 13.6. The normalized spacial score (nSPS) is 18.2. The van der Waals surface area contributed by atoms with Gasteiger partial charge in [0.2, 0.25) is 0 Å². The molecule has 0 spiro atoms. The lowest BCUT2D eigenvalue weighted by atomic mass is 10.0. The third kappa shape index (κ3) is 20.0. The summed E-state index contributed by atoms with van der Waals surface area (Å²) in [6, 6.07) is 0. The van der Waals surface area contributed by atoms with Crippen molar-refractivity contribution in [2.75, 3.05) is 13.2 Å². The van der Waals surface area contributed by atoms with Gasteiger partial charge in [0.25, 0.3) is 0 Å². The van der Waals surface area contributed by atoms with Crippen molar-refractivity contribution >= 4 is 49.9 Å². The molecule has 0 aliphatic rings. The fraction of sp³-hybridized carbons (Fsp3) is 1.00. The predicted octanol–water partition coefficient (Wildman–Crippen LogP) is 7.57. The Balaban J connectivity index is 6.80. The molecule has 0 bridgehead atoms. The first-order valence-corrected chi connectivity index (χ1v) is 34.0.